The SMILES string of the molecule is C#CC(C)(OC(=O)C(C)(C)C)c1ccc(-c2ccc(F)cc2)cc1. The van der Waals surface area contributed by atoms with Crippen molar-refractivity contribution in [3.8, 4) is 23.5 Å². The van der Waals surface area contributed by atoms with Gasteiger partial charge in [0.2, 0.25) is 0 Å². The number of hydrogen-bond donors (Lipinski definition) is 0. The molecule has 0 aliphatic rings. The average molecular weight is 324 g/mol. The van der Waals surface area contributed by atoms with Gasteiger partial charge in [0.05, 0.1) is 5.41 Å². The topological polar surface area (TPSA) is 26.3 Å². The molecule has 2 rings (SSSR count). The standard InChI is InChI=1S/C21H21FO2/c1-6-21(5,24-19(23)20(2,3)4)17-11-7-15(8-12-17)16-9-13-18(22)14-10-16/h1,7-14H,2-5H3. The Bertz CT molecular complexity index is 761. The minimum Gasteiger partial charge on any atom is -0.441 e. The summed E-state index contributed by atoms with van der Waals surface area (Å²) in [4.78, 5) is 12.2. The predicted octanol–water partition coefficient (Wildman–Crippen LogP) is 4.93. The molecule has 0 saturated heterocycles. The summed E-state index contributed by atoms with van der Waals surface area (Å²) >= 11 is 0. The Morgan fingerprint density at radius 2 is 1.42 bits per heavy atom. The third-order valence-corrected chi connectivity index (χ3v) is 3.80. The lowest BCUT2D eigenvalue weighted by molar-refractivity contribution is -0.163. The lowest BCUT2D eigenvalue weighted by atomic mass is 9.92. The minimum absolute atomic E-state index is 0.274. The number of carbonyl (C=O) groups excluding carboxylic acids is 1. The van der Waals surface area contributed by atoms with Gasteiger partial charge in [-0.3, -0.25) is 4.79 Å². The van der Waals surface area contributed by atoms with Crippen molar-refractivity contribution < 1.29 is 13.9 Å². The molecule has 0 N–H and O–H groups in total. The summed E-state index contributed by atoms with van der Waals surface area (Å²) in [6, 6.07) is 13.7. The first-order chi connectivity index (χ1) is 11.2. The summed E-state index contributed by atoms with van der Waals surface area (Å²) in [5.74, 6) is 1.94. The fourth-order valence-corrected chi connectivity index (χ4v) is 2.13. The van der Waals surface area contributed by atoms with Crippen molar-refractivity contribution in [3.05, 3.63) is 59.9 Å². The van der Waals surface area contributed by atoms with Gasteiger partial charge >= 0.3 is 5.97 Å². The molecule has 1 unspecified atom stereocenters. The van der Waals surface area contributed by atoms with Gasteiger partial charge in [-0.25, -0.2) is 4.39 Å². The second-order valence-corrected chi connectivity index (χ2v) is 6.90. The number of carbonyl (C=O) groups is 1. The molecule has 0 aliphatic heterocycles. The van der Waals surface area contributed by atoms with Crippen LogP contribution in [0.4, 0.5) is 4.39 Å². The summed E-state index contributed by atoms with van der Waals surface area (Å²) in [5.41, 5.74) is 0.781. The van der Waals surface area contributed by atoms with Crippen molar-refractivity contribution in [2.75, 3.05) is 0 Å². The van der Waals surface area contributed by atoms with Crippen molar-refractivity contribution in [2.24, 2.45) is 5.41 Å². The third-order valence-electron chi connectivity index (χ3n) is 3.80. The maximum Gasteiger partial charge on any atom is 0.313 e. The van der Waals surface area contributed by atoms with Gasteiger partial charge in [-0.05, 0) is 51.0 Å². The van der Waals surface area contributed by atoms with Crippen LogP contribution in [0.3, 0.4) is 0 Å². The predicted molar refractivity (Wildman–Crippen MR) is 93.6 cm³/mol. The zero-order chi connectivity index (χ0) is 18.0. The Morgan fingerprint density at radius 3 is 1.83 bits per heavy atom. The van der Waals surface area contributed by atoms with Crippen LogP contribution in [0.15, 0.2) is 48.5 Å². The number of rotatable bonds is 3. The lowest BCUT2D eigenvalue weighted by Crippen LogP contribution is -2.33. The highest BCUT2D eigenvalue weighted by molar-refractivity contribution is 5.76. The molecule has 0 aliphatic carbocycles. The molecule has 0 spiro atoms. The van der Waals surface area contributed by atoms with Crippen molar-refractivity contribution in [2.45, 2.75) is 33.3 Å². The van der Waals surface area contributed by atoms with Crippen LogP contribution in [-0.4, -0.2) is 5.97 Å². The summed E-state index contributed by atoms with van der Waals surface area (Å²) in [5, 5.41) is 0. The van der Waals surface area contributed by atoms with Crippen LogP contribution in [-0.2, 0) is 15.1 Å². The highest BCUT2D eigenvalue weighted by Gasteiger charge is 2.33. The van der Waals surface area contributed by atoms with Gasteiger partial charge in [0.25, 0.3) is 0 Å². The maximum absolute atomic E-state index is 13.0. The molecule has 0 fully saturated rings. The largest absolute Gasteiger partial charge is 0.441 e. The third kappa shape index (κ3) is 3.83. The number of ether oxygens (including phenoxy) is 1. The summed E-state index contributed by atoms with van der Waals surface area (Å²) in [6.45, 7) is 7.04. The van der Waals surface area contributed by atoms with E-state index >= 15 is 0 Å². The molecule has 24 heavy (non-hydrogen) atoms. The molecule has 0 bridgehead atoms. The first-order valence-electron chi connectivity index (χ1n) is 7.73. The maximum atomic E-state index is 13.0. The van der Waals surface area contributed by atoms with Gasteiger partial charge in [-0.1, -0.05) is 42.3 Å². The van der Waals surface area contributed by atoms with Crippen LogP contribution >= 0.6 is 0 Å². The molecule has 3 heteroatoms. The van der Waals surface area contributed by atoms with Crippen molar-refractivity contribution in [1.82, 2.24) is 0 Å². The van der Waals surface area contributed by atoms with Crippen LogP contribution in [0.5, 0.6) is 0 Å². The molecule has 124 valence electrons. The molecule has 2 aromatic carbocycles. The van der Waals surface area contributed by atoms with Crippen LogP contribution in [0.2, 0.25) is 0 Å². The van der Waals surface area contributed by atoms with Crippen LogP contribution in [0, 0.1) is 23.6 Å². The average Bonchev–Trinajstić information content (AvgIpc) is 2.54. The number of esters is 1. The number of terminal acetylenes is 1. The van der Waals surface area contributed by atoms with Crippen molar-refractivity contribution in [1.29, 1.82) is 0 Å². The molecule has 0 heterocycles. The molecule has 0 radical (unpaired) electrons. The highest BCUT2D eigenvalue weighted by Crippen LogP contribution is 2.30. The van der Waals surface area contributed by atoms with Gasteiger partial charge in [-0.2, -0.15) is 0 Å². The molecule has 2 aromatic rings. The highest BCUT2D eigenvalue weighted by atomic mass is 19.1. The number of benzene rings is 2. The summed E-state index contributed by atoms with van der Waals surface area (Å²) in [7, 11) is 0. The molecule has 0 amide bonds. The Kier molecular flexibility index (Phi) is 4.80. The second-order valence-electron chi connectivity index (χ2n) is 6.90. The Balaban J connectivity index is 2.29. The van der Waals surface area contributed by atoms with Gasteiger partial charge in [0.15, 0.2) is 5.60 Å². The zero-order valence-corrected chi connectivity index (χ0v) is 14.4. The Morgan fingerprint density at radius 1 is 0.958 bits per heavy atom. The number of hydrogen-bond acceptors (Lipinski definition) is 2. The van der Waals surface area contributed by atoms with E-state index in [0.717, 1.165) is 11.1 Å². The second kappa shape index (κ2) is 6.49. The molecule has 1 atom stereocenters. The molecule has 0 aromatic heterocycles. The van der Waals surface area contributed by atoms with Crippen molar-refractivity contribution in [3.63, 3.8) is 0 Å². The Hall–Kier alpha value is -2.60. The zero-order valence-electron chi connectivity index (χ0n) is 14.4. The van der Waals surface area contributed by atoms with E-state index in [-0.39, 0.29) is 11.8 Å². The summed E-state index contributed by atoms with van der Waals surface area (Å²) < 4.78 is 18.6. The van der Waals surface area contributed by atoms with Crippen LogP contribution in [0.25, 0.3) is 11.1 Å². The smallest absolute Gasteiger partial charge is 0.313 e. The van der Waals surface area contributed by atoms with E-state index in [1.165, 1.54) is 12.1 Å². The first-order valence-corrected chi connectivity index (χ1v) is 7.73. The quantitative estimate of drug-likeness (QED) is 0.591. The normalized spacial score (nSPS) is 13.7. The fourth-order valence-electron chi connectivity index (χ4n) is 2.13. The van der Waals surface area contributed by atoms with E-state index in [0.29, 0.717) is 5.56 Å². The van der Waals surface area contributed by atoms with E-state index in [4.69, 9.17) is 11.2 Å². The minimum atomic E-state index is -1.13. The Labute approximate surface area is 142 Å². The molecule has 2 nitrogen and oxygen atoms in total. The van der Waals surface area contributed by atoms with E-state index in [2.05, 4.69) is 5.92 Å². The van der Waals surface area contributed by atoms with Crippen LogP contribution < -0.4 is 0 Å². The fraction of sp³-hybridized carbons (Fsp3) is 0.286. The van der Waals surface area contributed by atoms with E-state index in [9.17, 15) is 9.18 Å². The van der Waals surface area contributed by atoms with Crippen molar-refractivity contribution >= 4 is 5.97 Å². The summed E-state index contributed by atoms with van der Waals surface area (Å²) in [6.07, 6.45) is 5.63. The van der Waals surface area contributed by atoms with E-state index in [1.807, 2.05) is 24.3 Å². The van der Waals surface area contributed by atoms with Gasteiger partial charge < -0.3 is 4.74 Å². The van der Waals surface area contributed by atoms with E-state index in [1.54, 1.807) is 39.8 Å². The first kappa shape index (κ1) is 17.7. The van der Waals surface area contributed by atoms with E-state index < -0.39 is 11.0 Å². The molecule has 0 saturated carbocycles. The van der Waals surface area contributed by atoms with Crippen LogP contribution in [0.1, 0.15) is 33.3 Å². The van der Waals surface area contributed by atoms with Gasteiger partial charge in [0, 0.05) is 5.56 Å². The number of halogens is 1. The van der Waals surface area contributed by atoms with Gasteiger partial charge in [0.1, 0.15) is 5.82 Å². The molecular weight excluding hydrogens is 303 g/mol. The lowest BCUT2D eigenvalue weighted by Gasteiger charge is -2.28. The van der Waals surface area contributed by atoms with Gasteiger partial charge in [-0.15, -0.1) is 6.42 Å². The molecular formula is C21H21FO2. The monoisotopic (exact) mass is 324 g/mol.